The molecule has 6 nitrogen and oxygen atoms in total. The maximum absolute atomic E-state index is 12.5. The quantitative estimate of drug-likeness (QED) is 0.694. The van der Waals surface area contributed by atoms with Gasteiger partial charge in [-0.15, -0.1) is 0 Å². The predicted octanol–water partition coefficient (Wildman–Crippen LogP) is 3.27. The maximum atomic E-state index is 12.5. The molecule has 0 N–H and O–H groups in total. The van der Waals surface area contributed by atoms with Crippen molar-refractivity contribution in [2.45, 2.75) is 19.4 Å². The number of piperidine rings is 1. The third kappa shape index (κ3) is 4.01. The second-order valence-electron chi connectivity index (χ2n) is 6.76. The molecule has 1 fully saturated rings. The minimum atomic E-state index is -0.0172. The molecule has 0 aliphatic carbocycles. The lowest BCUT2D eigenvalue weighted by Gasteiger charge is -2.34. The topological polar surface area (TPSA) is 63.9 Å². The molecule has 1 aliphatic rings. The molecule has 27 heavy (non-hydrogen) atoms. The highest BCUT2D eigenvalue weighted by Crippen LogP contribution is 2.29. The zero-order valence-electron chi connectivity index (χ0n) is 14.8. The number of pyridine rings is 2. The first-order chi connectivity index (χ1) is 13.2. The van der Waals surface area contributed by atoms with Crippen molar-refractivity contribution in [2.24, 2.45) is 5.92 Å². The van der Waals surface area contributed by atoms with E-state index in [1.54, 1.807) is 41.7 Å². The van der Waals surface area contributed by atoms with Crippen molar-refractivity contribution in [1.29, 1.82) is 0 Å². The number of aromatic nitrogens is 4. The molecule has 0 amide bonds. The fourth-order valence-corrected chi connectivity index (χ4v) is 3.74. The van der Waals surface area contributed by atoms with Crippen LogP contribution in [0.3, 0.4) is 0 Å². The van der Waals surface area contributed by atoms with Crippen molar-refractivity contribution in [3.8, 4) is 11.3 Å². The third-order valence-electron chi connectivity index (χ3n) is 5.02. The molecule has 0 saturated carbocycles. The van der Waals surface area contributed by atoms with Crippen LogP contribution in [0.2, 0.25) is 5.02 Å². The van der Waals surface area contributed by atoms with E-state index in [1.165, 1.54) is 0 Å². The Morgan fingerprint density at radius 3 is 2.52 bits per heavy atom. The van der Waals surface area contributed by atoms with E-state index in [0.29, 0.717) is 23.2 Å². The van der Waals surface area contributed by atoms with Crippen LogP contribution in [0.1, 0.15) is 12.8 Å². The van der Waals surface area contributed by atoms with Gasteiger partial charge in [0.25, 0.3) is 5.56 Å². The lowest BCUT2D eigenvalue weighted by atomic mass is 9.96. The summed E-state index contributed by atoms with van der Waals surface area (Å²) in [4.78, 5) is 27.3. The Labute approximate surface area is 162 Å². The van der Waals surface area contributed by atoms with Crippen LogP contribution in [0.25, 0.3) is 11.3 Å². The van der Waals surface area contributed by atoms with E-state index >= 15 is 0 Å². The largest absolute Gasteiger partial charge is 0.370 e. The zero-order chi connectivity index (χ0) is 18.6. The first-order valence-electron chi connectivity index (χ1n) is 9.02. The Kier molecular flexibility index (Phi) is 5.16. The summed E-state index contributed by atoms with van der Waals surface area (Å²) in [7, 11) is 0. The predicted molar refractivity (Wildman–Crippen MR) is 106 cm³/mol. The molecule has 0 spiro atoms. The molecule has 138 valence electrons. The van der Waals surface area contributed by atoms with Gasteiger partial charge in [-0.1, -0.05) is 11.6 Å². The zero-order valence-corrected chi connectivity index (χ0v) is 15.6. The summed E-state index contributed by atoms with van der Waals surface area (Å²) in [5.41, 5.74) is 2.60. The summed E-state index contributed by atoms with van der Waals surface area (Å²) in [6, 6.07) is 7.26. The van der Waals surface area contributed by atoms with Gasteiger partial charge in [0.2, 0.25) is 0 Å². The summed E-state index contributed by atoms with van der Waals surface area (Å²) in [6.07, 6.45) is 10.5. The average molecular weight is 382 g/mol. The van der Waals surface area contributed by atoms with Gasteiger partial charge < -0.3 is 4.90 Å². The van der Waals surface area contributed by atoms with E-state index in [9.17, 15) is 4.79 Å². The van der Waals surface area contributed by atoms with Gasteiger partial charge in [0.05, 0.1) is 22.7 Å². The van der Waals surface area contributed by atoms with Gasteiger partial charge in [-0.05, 0) is 37.0 Å². The highest BCUT2D eigenvalue weighted by molar-refractivity contribution is 6.33. The first kappa shape index (κ1) is 17.7. The third-order valence-corrected chi connectivity index (χ3v) is 5.31. The molecule has 0 aromatic carbocycles. The smallest absolute Gasteiger partial charge is 0.253 e. The van der Waals surface area contributed by atoms with Crippen molar-refractivity contribution in [2.75, 3.05) is 18.0 Å². The van der Waals surface area contributed by atoms with Crippen LogP contribution in [0.15, 0.2) is 60.2 Å². The summed E-state index contributed by atoms with van der Waals surface area (Å²) >= 11 is 6.25. The minimum absolute atomic E-state index is 0.0172. The van der Waals surface area contributed by atoms with Gasteiger partial charge in [0.15, 0.2) is 0 Å². The Morgan fingerprint density at radius 2 is 1.81 bits per heavy atom. The van der Waals surface area contributed by atoms with E-state index in [4.69, 9.17) is 11.6 Å². The van der Waals surface area contributed by atoms with E-state index in [-0.39, 0.29) is 5.56 Å². The van der Waals surface area contributed by atoms with Crippen molar-refractivity contribution in [3.63, 3.8) is 0 Å². The highest BCUT2D eigenvalue weighted by Gasteiger charge is 2.21. The number of hydrogen-bond donors (Lipinski definition) is 0. The van der Waals surface area contributed by atoms with Gasteiger partial charge in [0, 0.05) is 56.1 Å². The molecule has 0 unspecified atom stereocenters. The van der Waals surface area contributed by atoms with Gasteiger partial charge in [-0.3, -0.25) is 19.3 Å². The molecule has 1 saturated heterocycles. The maximum Gasteiger partial charge on any atom is 0.253 e. The molecule has 7 heteroatoms. The molecule has 0 radical (unpaired) electrons. The van der Waals surface area contributed by atoms with Crippen molar-refractivity contribution >= 4 is 17.3 Å². The van der Waals surface area contributed by atoms with E-state index in [0.717, 1.165) is 37.2 Å². The average Bonchev–Trinajstić information content (AvgIpc) is 2.71. The summed E-state index contributed by atoms with van der Waals surface area (Å²) < 4.78 is 1.71. The van der Waals surface area contributed by atoms with Crippen LogP contribution in [0.4, 0.5) is 5.69 Å². The fourth-order valence-electron chi connectivity index (χ4n) is 3.50. The number of rotatable bonds is 4. The lowest BCUT2D eigenvalue weighted by Crippen LogP contribution is -2.36. The minimum Gasteiger partial charge on any atom is -0.370 e. The second kappa shape index (κ2) is 7.88. The Hall–Kier alpha value is -2.73. The Bertz CT molecular complexity index is 967. The first-order valence-corrected chi connectivity index (χ1v) is 9.40. The Balaban J connectivity index is 1.41. The molecule has 3 aromatic heterocycles. The normalized spacial score (nSPS) is 15.1. The standard InChI is InChI=1S/C20H20ClN5O/c21-17-12-23-8-3-19(17)25-9-4-15(5-10-25)13-26-14-24-18(11-20(26)27)16-1-6-22-7-2-16/h1-3,6-8,11-12,14-15H,4-5,9-10,13H2. The van der Waals surface area contributed by atoms with E-state index in [1.807, 2.05) is 18.2 Å². The number of hydrogen-bond acceptors (Lipinski definition) is 5. The fraction of sp³-hybridized carbons (Fsp3) is 0.300. The van der Waals surface area contributed by atoms with Gasteiger partial charge >= 0.3 is 0 Å². The summed E-state index contributed by atoms with van der Waals surface area (Å²) in [5, 5.41) is 0.683. The van der Waals surface area contributed by atoms with Crippen LogP contribution in [-0.2, 0) is 6.54 Å². The van der Waals surface area contributed by atoms with Gasteiger partial charge in [0.1, 0.15) is 0 Å². The SMILES string of the molecule is O=c1cc(-c2ccncc2)ncn1CC1CCN(c2ccncc2Cl)CC1. The summed E-state index contributed by atoms with van der Waals surface area (Å²) in [6.45, 7) is 2.54. The highest BCUT2D eigenvalue weighted by atomic mass is 35.5. The molecular formula is C20H20ClN5O. The molecule has 3 aromatic rings. The molecule has 0 atom stereocenters. The number of anilines is 1. The van der Waals surface area contributed by atoms with Crippen molar-refractivity contribution < 1.29 is 0 Å². The van der Waals surface area contributed by atoms with Crippen LogP contribution in [0, 0.1) is 5.92 Å². The van der Waals surface area contributed by atoms with Gasteiger partial charge in [-0.25, -0.2) is 4.98 Å². The van der Waals surface area contributed by atoms with Crippen molar-refractivity contribution in [3.05, 3.63) is 70.8 Å². The van der Waals surface area contributed by atoms with Gasteiger partial charge in [-0.2, -0.15) is 0 Å². The molecule has 4 heterocycles. The van der Waals surface area contributed by atoms with Crippen LogP contribution >= 0.6 is 11.6 Å². The Morgan fingerprint density at radius 1 is 1.07 bits per heavy atom. The molecule has 0 bridgehead atoms. The monoisotopic (exact) mass is 381 g/mol. The van der Waals surface area contributed by atoms with Crippen LogP contribution in [0.5, 0.6) is 0 Å². The molecule has 4 rings (SSSR count). The van der Waals surface area contributed by atoms with Crippen LogP contribution < -0.4 is 10.5 Å². The second-order valence-corrected chi connectivity index (χ2v) is 7.17. The molecular weight excluding hydrogens is 362 g/mol. The number of halogens is 1. The lowest BCUT2D eigenvalue weighted by molar-refractivity contribution is 0.351. The molecule has 1 aliphatic heterocycles. The van der Waals surface area contributed by atoms with E-state index < -0.39 is 0 Å². The number of nitrogens with zero attached hydrogens (tertiary/aromatic N) is 5. The van der Waals surface area contributed by atoms with E-state index in [2.05, 4.69) is 19.9 Å². The van der Waals surface area contributed by atoms with Crippen LogP contribution in [-0.4, -0.2) is 32.6 Å². The summed E-state index contributed by atoms with van der Waals surface area (Å²) in [5.74, 6) is 0.452. The van der Waals surface area contributed by atoms with Crippen molar-refractivity contribution in [1.82, 2.24) is 19.5 Å².